The van der Waals surface area contributed by atoms with Crippen LogP contribution in [0.25, 0.3) is 0 Å². The number of anilines is 1. The van der Waals surface area contributed by atoms with Gasteiger partial charge in [-0.15, -0.1) is 0 Å². The van der Waals surface area contributed by atoms with Gasteiger partial charge in [-0.2, -0.15) is 0 Å². The van der Waals surface area contributed by atoms with Crippen LogP contribution >= 0.6 is 0 Å². The molecular weight excluding hydrogens is 246 g/mol. The van der Waals surface area contributed by atoms with Crippen molar-refractivity contribution in [2.24, 2.45) is 0 Å². The monoisotopic (exact) mass is 263 g/mol. The fraction of sp³-hybridized carbons (Fsp3) is 0.462. The molecule has 0 aromatic heterocycles. The molecule has 1 unspecified atom stereocenters. The Bertz CT molecular complexity index is 502. The molecule has 2 rings (SSSR count). The van der Waals surface area contributed by atoms with Crippen molar-refractivity contribution in [3.05, 3.63) is 34.4 Å². The third kappa shape index (κ3) is 2.83. The second-order valence-electron chi connectivity index (χ2n) is 4.96. The van der Waals surface area contributed by atoms with Crippen LogP contribution in [0.3, 0.4) is 0 Å². The van der Waals surface area contributed by atoms with Crippen molar-refractivity contribution in [2.75, 3.05) is 11.9 Å². The van der Waals surface area contributed by atoms with E-state index in [1.165, 1.54) is 6.07 Å². The van der Waals surface area contributed by atoms with Gasteiger partial charge in [-0.05, 0) is 19.9 Å². The Morgan fingerprint density at radius 2 is 2.11 bits per heavy atom. The molecule has 1 N–H and O–H groups in total. The number of para-hydroxylation sites is 2. The van der Waals surface area contributed by atoms with E-state index in [-0.39, 0.29) is 23.7 Å². The molecule has 0 radical (unpaired) electrons. The van der Waals surface area contributed by atoms with Gasteiger partial charge in [-0.25, -0.2) is 0 Å². The number of carbonyl (C=O) groups excluding carboxylic acids is 1. The molecule has 6 heteroatoms. The highest BCUT2D eigenvalue weighted by Crippen LogP contribution is 2.26. The summed E-state index contributed by atoms with van der Waals surface area (Å²) in [6, 6.07) is 6.58. The molecule has 1 atom stereocenters. The summed E-state index contributed by atoms with van der Waals surface area (Å²) in [5, 5.41) is 14.0. The van der Waals surface area contributed by atoms with E-state index in [1.807, 2.05) is 13.8 Å². The van der Waals surface area contributed by atoms with Gasteiger partial charge in [0.15, 0.2) is 0 Å². The van der Waals surface area contributed by atoms with Gasteiger partial charge >= 0.3 is 0 Å². The molecule has 1 heterocycles. The molecule has 1 aliphatic heterocycles. The number of hydrogen-bond acceptors (Lipinski definition) is 4. The van der Waals surface area contributed by atoms with Crippen molar-refractivity contribution < 1.29 is 9.72 Å². The highest BCUT2D eigenvalue weighted by molar-refractivity contribution is 5.80. The summed E-state index contributed by atoms with van der Waals surface area (Å²) >= 11 is 0. The fourth-order valence-corrected chi connectivity index (χ4v) is 2.30. The van der Waals surface area contributed by atoms with E-state index in [2.05, 4.69) is 5.32 Å². The van der Waals surface area contributed by atoms with Crippen LogP contribution in [0.5, 0.6) is 0 Å². The van der Waals surface area contributed by atoms with Crippen LogP contribution < -0.4 is 5.32 Å². The van der Waals surface area contributed by atoms with Gasteiger partial charge in [0.2, 0.25) is 5.91 Å². The second kappa shape index (κ2) is 5.26. The van der Waals surface area contributed by atoms with Crippen LogP contribution in [0.1, 0.15) is 20.3 Å². The SMILES string of the molecule is CC(C)N1CC(Nc2ccccc2[N+](=O)[O-])CC1=O. The summed E-state index contributed by atoms with van der Waals surface area (Å²) < 4.78 is 0. The van der Waals surface area contributed by atoms with E-state index in [4.69, 9.17) is 0 Å². The number of nitro benzene ring substituents is 1. The van der Waals surface area contributed by atoms with Crippen LogP contribution in [0.2, 0.25) is 0 Å². The molecule has 0 bridgehead atoms. The molecule has 1 amide bonds. The van der Waals surface area contributed by atoms with Gasteiger partial charge in [0, 0.05) is 25.1 Å². The van der Waals surface area contributed by atoms with Gasteiger partial charge in [0.25, 0.3) is 5.69 Å². The first-order valence-electron chi connectivity index (χ1n) is 6.28. The van der Waals surface area contributed by atoms with Gasteiger partial charge in [0.1, 0.15) is 5.69 Å². The van der Waals surface area contributed by atoms with Gasteiger partial charge < -0.3 is 10.2 Å². The smallest absolute Gasteiger partial charge is 0.292 e. The average molecular weight is 263 g/mol. The molecule has 1 aromatic rings. The minimum absolute atomic E-state index is 0.0398. The van der Waals surface area contributed by atoms with Gasteiger partial charge in [-0.3, -0.25) is 14.9 Å². The maximum atomic E-state index is 11.8. The van der Waals surface area contributed by atoms with E-state index >= 15 is 0 Å². The lowest BCUT2D eigenvalue weighted by Gasteiger charge is -2.21. The topological polar surface area (TPSA) is 75.5 Å². The Morgan fingerprint density at radius 3 is 2.68 bits per heavy atom. The number of nitro groups is 1. The zero-order valence-electron chi connectivity index (χ0n) is 11.0. The van der Waals surface area contributed by atoms with Crippen molar-refractivity contribution in [3.8, 4) is 0 Å². The summed E-state index contributed by atoms with van der Waals surface area (Å²) in [5.41, 5.74) is 0.508. The van der Waals surface area contributed by atoms with Crippen LogP contribution in [0.15, 0.2) is 24.3 Å². The molecular formula is C13H17N3O3. The van der Waals surface area contributed by atoms with Crippen LogP contribution in [-0.4, -0.2) is 34.4 Å². The molecule has 6 nitrogen and oxygen atoms in total. The van der Waals surface area contributed by atoms with E-state index in [0.717, 1.165) is 0 Å². The Labute approximate surface area is 111 Å². The summed E-state index contributed by atoms with van der Waals surface area (Å²) in [4.78, 5) is 24.1. The van der Waals surface area contributed by atoms with Crippen molar-refractivity contribution in [1.29, 1.82) is 0 Å². The van der Waals surface area contributed by atoms with E-state index < -0.39 is 4.92 Å². The predicted octanol–water partition coefficient (Wildman–Crippen LogP) is 2.02. The van der Waals surface area contributed by atoms with E-state index in [0.29, 0.717) is 18.7 Å². The van der Waals surface area contributed by atoms with E-state index in [1.54, 1.807) is 23.1 Å². The highest BCUT2D eigenvalue weighted by Gasteiger charge is 2.31. The molecule has 0 spiro atoms. The van der Waals surface area contributed by atoms with Crippen molar-refractivity contribution in [3.63, 3.8) is 0 Å². The Kier molecular flexibility index (Phi) is 3.69. The first-order valence-corrected chi connectivity index (χ1v) is 6.28. The largest absolute Gasteiger partial charge is 0.374 e. The lowest BCUT2D eigenvalue weighted by atomic mass is 10.2. The molecule has 0 saturated carbocycles. The fourth-order valence-electron chi connectivity index (χ4n) is 2.30. The number of likely N-dealkylation sites (tertiary alicyclic amines) is 1. The summed E-state index contributed by atoms with van der Waals surface area (Å²) in [7, 11) is 0. The van der Waals surface area contributed by atoms with Crippen LogP contribution in [0.4, 0.5) is 11.4 Å². The van der Waals surface area contributed by atoms with Crippen LogP contribution in [-0.2, 0) is 4.79 Å². The molecule has 102 valence electrons. The van der Waals surface area contributed by atoms with E-state index in [9.17, 15) is 14.9 Å². The lowest BCUT2D eigenvalue weighted by molar-refractivity contribution is -0.384. The van der Waals surface area contributed by atoms with Gasteiger partial charge in [-0.1, -0.05) is 12.1 Å². The number of rotatable bonds is 4. The minimum Gasteiger partial charge on any atom is -0.374 e. The van der Waals surface area contributed by atoms with Crippen molar-refractivity contribution in [2.45, 2.75) is 32.4 Å². The standard InChI is InChI=1S/C13H17N3O3/c1-9(2)15-8-10(7-13(15)17)14-11-5-3-4-6-12(11)16(18)19/h3-6,9-10,14H,7-8H2,1-2H3. The maximum absolute atomic E-state index is 11.8. The number of nitrogens with zero attached hydrogens (tertiary/aromatic N) is 2. The van der Waals surface area contributed by atoms with Crippen molar-refractivity contribution >= 4 is 17.3 Å². The van der Waals surface area contributed by atoms with Crippen LogP contribution in [0, 0.1) is 10.1 Å². The Hall–Kier alpha value is -2.11. The molecule has 0 aliphatic carbocycles. The van der Waals surface area contributed by atoms with Gasteiger partial charge in [0.05, 0.1) is 11.0 Å². The third-order valence-corrected chi connectivity index (χ3v) is 3.24. The molecule has 19 heavy (non-hydrogen) atoms. The number of hydrogen-bond donors (Lipinski definition) is 1. The summed E-state index contributed by atoms with van der Waals surface area (Å²) in [6.45, 7) is 4.51. The molecule has 1 fully saturated rings. The first-order chi connectivity index (χ1) is 8.99. The molecule has 1 aliphatic rings. The minimum atomic E-state index is -0.417. The second-order valence-corrected chi connectivity index (χ2v) is 4.96. The quantitative estimate of drug-likeness (QED) is 0.666. The average Bonchev–Trinajstić information content (AvgIpc) is 2.71. The molecule has 1 saturated heterocycles. The summed E-state index contributed by atoms with van der Waals surface area (Å²) in [5.74, 6) is 0.0890. The normalized spacial score (nSPS) is 19.0. The third-order valence-electron chi connectivity index (χ3n) is 3.24. The summed E-state index contributed by atoms with van der Waals surface area (Å²) in [6.07, 6.45) is 0.379. The van der Waals surface area contributed by atoms with Crippen molar-refractivity contribution in [1.82, 2.24) is 4.90 Å². The Morgan fingerprint density at radius 1 is 1.42 bits per heavy atom. The number of nitrogens with one attached hydrogen (secondary N) is 1. The highest BCUT2D eigenvalue weighted by atomic mass is 16.6. The maximum Gasteiger partial charge on any atom is 0.292 e. The lowest BCUT2D eigenvalue weighted by Crippen LogP contribution is -2.33. The predicted molar refractivity (Wildman–Crippen MR) is 72.0 cm³/mol. The Balaban J connectivity index is 2.11. The first kappa shape index (κ1) is 13.3. The number of benzene rings is 1. The number of amides is 1. The zero-order chi connectivity index (χ0) is 14.0. The zero-order valence-corrected chi connectivity index (χ0v) is 11.0. The number of carbonyl (C=O) groups is 1. The molecule has 1 aromatic carbocycles.